The minimum Gasteiger partial charge on any atom is -0.319 e. The summed E-state index contributed by atoms with van der Waals surface area (Å²) in [5.41, 5.74) is 7.96. The van der Waals surface area contributed by atoms with Crippen LogP contribution in [0.25, 0.3) is 5.69 Å². The largest absolute Gasteiger partial charge is 0.319 e. The van der Waals surface area contributed by atoms with E-state index in [-0.39, 0.29) is 6.04 Å². The molecule has 0 spiro atoms. The van der Waals surface area contributed by atoms with Crippen molar-refractivity contribution in [2.75, 3.05) is 0 Å². The molecular weight excluding hydrogens is 280 g/mol. The zero-order valence-electron chi connectivity index (χ0n) is 13.7. The molecule has 116 valence electrons. The Bertz CT molecular complexity index is 827. The molecule has 2 heterocycles. The van der Waals surface area contributed by atoms with Crippen LogP contribution in [0, 0.1) is 6.92 Å². The summed E-state index contributed by atoms with van der Waals surface area (Å²) >= 11 is 0. The van der Waals surface area contributed by atoms with Crippen molar-refractivity contribution >= 4 is 0 Å². The third kappa shape index (κ3) is 2.49. The summed E-state index contributed by atoms with van der Waals surface area (Å²) in [7, 11) is 0. The lowest BCUT2D eigenvalue weighted by atomic mass is 10.0. The number of hydrogen-bond donors (Lipinski definition) is 1. The standard InChI is InChI=1S/C21H22N2/c1-3-16-7-10-17(11-8-16)21-19-5-4-12-23(19)20-13-15(2)6-9-18(20)14-22-21/h4-13,21-22H,3,14H2,1-2H3. The molecule has 4 rings (SSSR count). The van der Waals surface area contributed by atoms with Gasteiger partial charge in [-0.05, 0) is 53.8 Å². The highest BCUT2D eigenvalue weighted by Crippen LogP contribution is 2.31. The number of rotatable bonds is 2. The van der Waals surface area contributed by atoms with Crippen molar-refractivity contribution in [1.82, 2.24) is 9.88 Å². The van der Waals surface area contributed by atoms with E-state index in [2.05, 4.69) is 84.5 Å². The maximum Gasteiger partial charge on any atom is 0.0737 e. The SMILES string of the molecule is CCc1ccc(C2NCc3ccc(C)cc3-n3cccc32)cc1. The van der Waals surface area contributed by atoms with Gasteiger partial charge in [0.05, 0.1) is 11.7 Å². The molecule has 0 amide bonds. The summed E-state index contributed by atoms with van der Waals surface area (Å²) in [6.45, 7) is 5.24. The van der Waals surface area contributed by atoms with Crippen LogP contribution in [0.5, 0.6) is 0 Å². The monoisotopic (exact) mass is 302 g/mol. The fourth-order valence-corrected chi connectivity index (χ4v) is 3.45. The molecule has 0 aliphatic carbocycles. The fraction of sp³-hybridized carbons (Fsp3) is 0.238. The van der Waals surface area contributed by atoms with E-state index in [1.807, 2.05) is 0 Å². The Balaban J connectivity index is 1.81. The van der Waals surface area contributed by atoms with Gasteiger partial charge in [0.15, 0.2) is 0 Å². The van der Waals surface area contributed by atoms with E-state index < -0.39 is 0 Å². The molecule has 2 heteroatoms. The van der Waals surface area contributed by atoms with Gasteiger partial charge < -0.3 is 9.88 Å². The van der Waals surface area contributed by atoms with Gasteiger partial charge >= 0.3 is 0 Å². The second-order valence-corrected chi connectivity index (χ2v) is 6.34. The average molecular weight is 302 g/mol. The fourth-order valence-electron chi connectivity index (χ4n) is 3.45. The quantitative estimate of drug-likeness (QED) is 0.735. The number of nitrogens with zero attached hydrogens (tertiary/aromatic N) is 1. The van der Waals surface area contributed by atoms with Gasteiger partial charge in [0.2, 0.25) is 0 Å². The first-order valence-corrected chi connectivity index (χ1v) is 8.35. The highest BCUT2D eigenvalue weighted by atomic mass is 15.1. The van der Waals surface area contributed by atoms with E-state index >= 15 is 0 Å². The second kappa shape index (κ2) is 5.71. The molecule has 1 aromatic heterocycles. The third-order valence-corrected chi connectivity index (χ3v) is 4.79. The average Bonchev–Trinajstić information content (AvgIpc) is 3.00. The van der Waals surface area contributed by atoms with E-state index in [0.29, 0.717) is 0 Å². The van der Waals surface area contributed by atoms with Gasteiger partial charge in [-0.1, -0.05) is 43.3 Å². The zero-order chi connectivity index (χ0) is 15.8. The first-order valence-electron chi connectivity index (χ1n) is 8.35. The van der Waals surface area contributed by atoms with Crippen LogP contribution in [0.15, 0.2) is 60.8 Å². The van der Waals surface area contributed by atoms with Gasteiger partial charge in [-0.3, -0.25) is 0 Å². The maximum absolute atomic E-state index is 3.73. The van der Waals surface area contributed by atoms with Gasteiger partial charge in [-0.25, -0.2) is 0 Å². The Labute approximate surface area is 137 Å². The molecule has 0 fully saturated rings. The number of aryl methyl sites for hydroxylation is 2. The van der Waals surface area contributed by atoms with Gasteiger partial charge in [0, 0.05) is 18.4 Å². The highest BCUT2D eigenvalue weighted by Gasteiger charge is 2.22. The van der Waals surface area contributed by atoms with E-state index in [1.165, 1.54) is 33.6 Å². The van der Waals surface area contributed by atoms with Crippen LogP contribution < -0.4 is 5.32 Å². The number of aromatic nitrogens is 1. The summed E-state index contributed by atoms with van der Waals surface area (Å²) in [5, 5.41) is 3.73. The Morgan fingerprint density at radius 2 is 1.91 bits per heavy atom. The summed E-state index contributed by atoms with van der Waals surface area (Å²) in [5.74, 6) is 0. The molecule has 1 atom stereocenters. The van der Waals surface area contributed by atoms with Crippen LogP contribution in [0.3, 0.4) is 0 Å². The maximum atomic E-state index is 3.73. The zero-order valence-corrected chi connectivity index (χ0v) is 13.7. The number of nitrogens with one attached hydrogen (secondary N) is 1. The van der Waals surface area contributed by atoms with Crippen molar-refractivity contribution in [3.05, 3.63) is 88.7 Å². The second-order valence-electron chi connectivity index (χ2n) is 6.34. The Morgan fingerprint density at radius 1 is 1.09 bits per heavy atom. The smallest absolute Gasteiger partial charge is 0.0737 e. The Morgan fingerprint density at radius 3 is 2.70 bits per heavy atom. The number of benzene rings is 2. The summed E-state index contributed by atoms with van der Waals surface area (Å²) in [4.78, 5) is 0. The van der Waals surface area contributed by atoms with E-state index in [9.17, 15) is 0 Å². The third-order valence-electron chi connectivity index (χ3n) is 4.79. The first kappa shape index (κ1) is 14.3. The number of fused-ring (bicyclic) bond motifs is 3. The van der Waals surface area contributed by atoms with Crippen molar-refractivity contribution in [1.29, 1.82) is 0 Å². The van der Waals surface area contributed by atoms with Crippen molar-refractivity contribution in [3.8, 4) is 5.69 Å². The molecule has 1 aliphatic rings. The molecule has 2 aromatic carbocycles. The van der Waals surface area contributed by atoms with E-state index in [0.717, 1.165) is 13.0 Å². The predicted octanol–water partition coefficient (Wildman–Crippen LogP) is 4.54. The minimum atomic E-state index is 0.226. The molecule has 1 N–H and O–H groups in total. The summed E-state index contributed by atoms with van der Waals surface area (Å²) < 4.78 is 2.33. The van der Waals surface area contributed by atoms with Gasteiger partial charge in [0.1, 0.15) is 0 Å². The lowest BCUT2D eigenvalue weighted by molar-refractivity contribution is 0.601. The van der Waals surface area contributed by atoms with Gasteiger partial charge in [0.25, 0.3) is 0 Å². The van der Waals surface area contributed by atoms with Crippen molar-refractivity contribution in [2.45, 2.75) is 32.9 Å². The van der Waals surface area contributed by atoms with Crippen LogP contribution in [0.2, 0.25) is 0 Å². The van der Waals surface area contributed by atoms with Crippen molar-refractivity contribution in [3.63, 3.8) is 0 Å². The molecule has 0 radical (unpaired) electrons. The van der Waals surface area contributed by atoms with E-state index in [1.54, 1.807) is 0 Å². The normalized spacial score (nSPS) is 16.5. The molecule has 2 nitrogen and oxygen atoms in total. The Kier molecular flexibility index (Phi) is 3.55. The van der Waals surface area contributed by atoms with Crippen molar-refractivity contribution < 1.29 is 0 Å². The lowest BCUT2D eigenvalue weighted by Gasteiger charge is -2.18. The topological polar surface area (TPSA) is 17.0 Å². The van der Waals surface area contributed by atoms with Crippen LogP contribution in [-0.2, 0) is 13.0 Å². The van der Waals surface area contributed by atoms with E-state index in [4.69, 9.17) is 0 Å². The molecule has 1 unspecified atom stereocenters. The summed E-state index contributed by atoms with van der Waals surface area (Å²) in [6.07, 6.45) is 3.26. The van der Waals surface area contributed by atoms with Crippen molar-refractivity contribution in [2.24, 2.45) is 0 Å². The first-order chi connectivity index (χ1) is 11.3. The minimum absolute atomic E-state index is 0.226. The Hall–Kier alpha value is -2.32. The van der Waals surface area contributed by atoms with Gasteiger partial charge in [-0.15, -0.1) is 0 Å². The van der Waals surface area contributed by atoms with Crippen LogP contribution in [0.4, 0.5) is 0 Å². The molecule has 0 bridgehead atoms. The molecule has 23 heavy (non-hydrogen) atoms. The lowest BCUT2D eigenvalue weighted by Crippen LogP contribution is -2.21. The molecule has 0 saturated carbocycles. The highest BCUT2D eigenvalue weighted by molar-refractivity contribution is 5.48. The molecular formula is C21H22N2. The van der Waals surface area contributed by atoms with Crippen LogP contribution in [0.1, 0.15) is 40.9 Å². The van der Waals surface area contributed by atoms with Crippen LogP contribution >= 0.6 is 0 Å². The van der Waals surface area contributed by atoms with Crippen LogP contribution in [-0.4, -0.2) is 4.57 Å². The molecule has 1 aliphatic heterocycles. The predicted molar refractivity (Wildman–Crippen MR) is 95.0 cm³/mol. The molecule has 3 aromatic rings. The number of hydrogen-bond acceptors (Lipinski definition) is 1. The molecule has 0 saturated heterocycles. The van der Waals surface area contributed by atoms with Gasteiger partial charge in [-0.2, -0.15) is 0 Å². The summed E-state index contributed by atoms with van der Waals surface area (Å²) in [6, 6.07) is 20.3.